The summed E-state index contributed by atoms with van der Waals surface area (Å²) in [6.07, 6.45) is 12.0. The molecule has 2 aromatic heterocycles. The third kappa shape index (κ3) is 3.60. The Morgan fingerprint density at radius 2 is 2.03 bits per heavy atom. The van der Waals surface area contributed by atoms with Crippen LogP contribution in [0.1, 0.15) is 25.3 Å². The molecule has 2 fully saturated rings. The summed E-state index contributed by atoms with van der Waals surface area (Å²) < 4.78 is 21.4. The Kier molecular flexibility index (Phi) is 5.15. The summed E-state index contributed by atoms with van der Waals surface area (Å²) in [5, 5.41) is 16.2. The highest BCUT2D eigenvalue weighted by Gasteiger charge is 2.34. The van der Waals surface area contributed by atoms with Gasteiger partial charge in [0.15, 0.2) is 5.82 Å². The van der Waals surface area contributed by atoms with Crippen molar-refractivity contribution in [1.82, 2.24) is 20.3 Å². The third-order valence-corrected chi connectivity index (χ3v) is 6.99. The minimum absolute atomic E-state index is 0.0399. The number of aryl methyl sites for hydroxylation is 1. The van der Waals surface area contributed by atoms with E-state index in [9.17, 15) is 5.11 Å². The first-order chi connectivity index (χ1) is 17.1. The van der Waals surface area contributed by atoms with Crippen LogP contribution in [0.15, 0.2) is 36.5 Å². The summed E-state index contributed by atoms with van der Waals surface area (Å²) in [5.41, 5.74) is 1.74. The first kappa shape index (κ1) is 21.6. The lowest BCUT2D eigenvalue weighted by Crippen LogP contribution is -2.51. The van der Waals surface area contributed by atoms with Crippen molar-refractivity contribution in [3.8, 4) is 35.5 Å². The number of phenolic OH excluding ortho intramolecular Hbond substituents is 1. The monoisotopic (exact) mass is 469 g/mol. The van der Waals surface area contributed by atoms with E-state index in [2.05, 4.69) is 31.3 Å². The number of fused-ring (bicyclic) bond motifs is 4. The molecule has 0 radical (unpaired) electrons. The van der Waals surface area contributed by atoms with E-state index < -0.39 is 5.82 Å². The van der Waals surface area contributed by atoms with Gasteiger partial charge in [0, 0.05) is 36.9 Å². The highest BCUT2D eigenvalue weighted by Crippen LogP contribution is 2.38. The van der Waals surface area contributed by atoms with Gasteiger partial charge in [-0.3, -0.25) is 4.98 Å². The Morgan fingerprint density at radius 3 is 2.77 bits per heavy atom. The van der Waals surface area contributed by atoms with Gasteiger partial charge in [-0.05, 0) is 47.7 Å². The van der Waals surface area contributed by atoms with E-state index in [1.165, 1.54) is 0 Å². The molecule has 2 aromatic carbocycles. The maximum atomic E-state index is 16.2. The van der Waals surface area contributed by atoms with Crippen LogP contribution >= 0.6 is 0 Å². The molecule has 4 aromatic rings. The van der Waals surface area contributed by atoms with Crippen molar-refractivity contribution in [2.75, 3.05) is 18.0 Å². The number of nitrogens with one attached hydrogen (secondary N) is 1. The largest absolute Gasteiger partial charge is 0.508 e. The maximum Gasteiger partial charge on any atom is 0.333 e. The molecule has 0 saturated carbocycles. The Bertz CT molecular complexity index is 1500. The minimum Gasteiger partial charge on any atom is -0.508 e. The number of ether oxygens (including phenoxy) is 1. The predicted molar refractivity (Wildman–Crippen MR) is 133 cm³/mol. The number of anilines is 1. The van der Waals surface area contributed by atoms with E-state index in [1.807, 2.05) is 25.1 Å². The van der Waals surface area contributed by atoms with E-state index >= 15 is 4.39 Å². The fourth-order valence-corrected chi connectivity index (χ4v) is 5.49. The Morgan fingerprint density at radius 1 is 1.23 bits per heavy atom. The average molecular weight is 470 g/mol. The lowest BCUT2D eigenvalue weighted by molar-refractivity contribution is 0.454. The lowest BCUT2D eigenvalue weighted by atomic mass is 9.95. The molecule has 2 atom stereocenters. The molecule has 176 valence electrons. The maximum absolute atomic E-state index is 16.2. The number of benzene rings is 2. The first-order valence-electron chi connectivity index (χ1n) is 11.8. The zero-order valence-corrected chi connectivity index (χ0v) is 19.3. The van der Waals surface area contributed by atoms with Crippen molar-refractivity contribution in [3.63, 3.8) is 0 Å². The van der Waals surface area contributed by atoms with Crippen LogP contribution in [0.5, 0.6) is 11.8 Å². The number of rotatable bonds is 4. The number of terminal acetylenes is 1. The van der Waals surface area contributed by atoms with Gasteiger partial charge in [-0.1, -0.05) is 31.5 Å². The topological polar surface area (TPSA) is 83.4 Å². The molecule has 0 spiro atoms. The van der Waals surface area contributed by atoms with Gasteiger partial charge < -0.3 is 20.1 Å². The van der Waals surface area contributed by atoms with Gasteiger partial charge in [-0.25, -0.2) is 4.39 Å². The molecule has 2 bridgehead atoms. The minimum atomic E-state index is -0.607. The molecule has 6 rings (SSSR count). The van der Waals surface area contributed by atoms with Crippen LogP contribution < -0.4 is 15.0 Å². The summed E-state index contributed by atoms with van der Waals surface area (Å²) >= 11 is 0. The molecule has 2 saturated heterocycles. The highest BCUT2D eigenvalue weighted by molar-refractivity contribution is 6.01. The number of piperazine rings is 1. The second-order valence-electron chi connectivity index (χ2n) is 9.14. The van der Waals surface area contributed by atoms with Crippen molar-refractivity contribution in [1.29, 1.82) is 0 Å². The van der Waals surface area contributed by atoms with Crippen LogP contribution in [0.25, 0.3) is 32.9 Å². The summed E-state index contributed by atoms with van der Waals surface area (Å²) in [5.74, 6) is -0.00591. The molecule has 4 heterocycles. The Hall–Kier alpha value is -3.96. The number of nitrogens with zero attached hydrogens (tertiary/aromatic N) is 4. The van der Waals surface area contributed by atoms with E-state index in [4.69, 9.17) is 11.2 Å². The van der Waals surface area contributed by atoms with Crippen LogP contribution in [-0.4, -0.2) is 45.2 Å². The smallest absolute Gasteiger partial charge is 0.333 e. The Labute approximate surface area is 202 Å². The summed E-state index contributed by atoms with van der Waals surface area (Å²) in [6.45, 7) is 3.54. The van der Waals surface area contributed by atoms with Crippen molar-refractivity contribution < 1.29 is 14.2 Å². The second-order valence-corrected chi connectivity index (χ2v) is 9.14. The van der Waals surface area contributed by atoms with Gasteiger partial charge in [0.2, 0.25) is 0 Å². The number of aromatic nitrogens is 3. The van der Waals surface area contributed by atoms with Crippen molar-refractivity contribution in [2.24, 2.45) is 0 Å². The van der Waals surface area contributed by atoms with Gasteiger partial charge in [0.25, 0.3) is 0 Å². The van der Waals surface area contributed by atoms with Crippen LogP contribution in [0.4, 0.5) is 10.2 Å². The molecule has 2 aliphatic rings. The number of hydrogen-bond acceptors (Lipinski definition) is 7. The normalized spacial score (nSPS) is 19.3. The van der Waals surface area contributed by atoms with E-state index in [0.717, 1.165) is 48.7 Å². The second kappa shape index (κ2) is 8.36. The van der Waals surface area contributed by atoms with E-state index in [1.54, 1.807) is 18.3 Å². The molecule has 0 amide bonds. The zero-order valence-electron chi connectivity index (χ0n) is 19.3. The molecule has 2 N–H and O–H groups in total. The fraction of sp³-hybridized carbons (Fsp3) is 0.296. The molecule has 8 heteroatoms. The van der Waals surface area contributed by atoms with E-state index in [0.29, 0.717) is 28.9 Å². The predicted octanol–water partition coefficient (Wildman–Crippen LogP) is 4.16. The van der Waals surface area contributed by atoms with Gasteiger partial charge in [-0.2, -0.15) is 9.97 Å². The molecule has 2 aliphatic heterocycles. The van der Waals surface area contributed by atoms with Crippen LogP contribution in [0.3, 0.4) is 0 Å². The van der Waals surface area contributed by atoms with Gasteiger partial charge in [0.05, 0.1) is 5.39 Å². The molecular formula is C27H24FN5O2. The number of aromatic hydroxyl groups is 1. The van der Waals surface area contributed by atoms with Crippen molar-refractivity contribution >= 4 is 27.5 Å². The lowest BCUT2D eigenvalue weighted by Gasteiger charge is -2.34. The van der Waals surface area contributed by atoms with Crippen LogP contribution in [0.2, 0.25) is 0 Å². The fourth-order valence-electron chi connectivity index (χ4n) is 5.49. The van der Waals surface area contributed by atoms with Gasteiger partial charge in [0.1, 0.15) is 28.9 Å². The summed E-state index contributed by atoms with van der Waals surface area (Å²) in [7, 11) is 0. The molecule has 35 heavy (non-hydrogen) atoms. The number of pyridine rings is 1. The zero-order chi connectivity index (χ0) is 24.1. The quantitative estimate of drug-likeness (QED) is 0.434. The first-order valence-corrected chi connectivity index (χ1v) is 11.8. The molecular weight excluding hydrogens is 445 g/mol. The summed E-state index contributed by atoms with van der Waals surface area (Å²) in [6, 6.07) is 9.69. The van der Waals surface area contributed by atoms with Crippen LogP contribution in [0, 0.1) is 18.3 Å². The molecule has 0 aliphatic carbocycles. The average Bonchev–Trinajstić information content (AvgIpc) is 3.20. The van der Waals surface area contributed by atoms with Crippen LogP contribution in [-0.2, 0) is 6.42 Å². The number of hydrogen-bond donors (Lipinski definition) is 2. The summed E-state index contributed by atoms with van der Waals surface area (Å²) in [4.78, 5) is 15.5. The third-order valence-electron chi connectivity index (χ3n) is 6.99. The van der Waals surface area contributed by atoms with Crippen molar-refractivity contribution in [2.45, 2.75) is 38.3 Å². The van der Waals surface area contributed by atoms with E-state index in [-0.39, 0.29) is 23.0 Å². The van der Waals surface area contributed by atoms with Crippen molar-refractivity contribution in [3.05, 3.63) is 47.9 Å². The number of halogens is 1. The molecule has 7 nitrogen and oxygen atoms in total. The SMILES string of the molecule is C#COc1nc(N2CC3CCC(C2)N3)c2cnc(-c3cc(O)cc4cccc(CC)c34)c(F)c2n1. The number of phenols is 1. The van der Waals surface area contributed by atoms with Gasteiger partial charge in [-0.15, -0.1) is 0 Å². The Balaban J connectivity index is 1.58. The molecule has 2 unspecified atom stereocenters. The standard InChI is InChI=1S/C27H24FN5O2/c1-3-15-6-5-7-16-10-19(34)11-20(22(15)16)24-23(28)25-21(12-29-24)26(32-27(31-25)35-4-2)33-13-17-8-9-18(14-33)30-17/h2,5-7,10-12,17-18,30,34H,3,8-9,13-14H2,1H3. The van der Waals surface area contributed by atoms with Gasteiger partial charge >= 0.3 is 6.01 Å². The highest BCUT2D eigenvalue weighted by atomic mass is 19.1.